The van der Waals surface area contributed by atoms with Crippen LogP contribution < -0.4 is 5.32 Å². The smallest absolute Gasteiger partial charge is 0.339 e. The predicted molar refractivity (Wildman–Crippen MR) is 70.5 cm³/mol. The van der Waals surface area contributed by atoms with Crippen molar-refractivity contribution < 1.29 is 9.90 Å². The molecule has 2 heterocycles. The summed E-state index contributed by atoms with van der Waals surface area (Å²) >= 11 is 0. The Kier molecular flexibility index (Phi) is 3.28. The van der Waals surface area contributed by atoms with Gasteiger partial charge in [0.25, 0.3) is 0 Å². The Morgan fingerprint density at radius 1 is 1.58 bits per heavy atom. The Hall–Kier alpha value is -2.70. The molecule has 19 heavy (non-hydrogen) atoms. The van der Waals surface area contributed by atoms with Gasteiger partial charge in [0.15, 0.2) is 0 Å². The lowest BCUT2D eigenvalue weighted by molar-refractivity contribution is 0.0699. The number of hydrogen-bond acceptors (Lipinski definition) is 5. The minimum atomic E-state index is -1.04. The quantitative estimate of drug-likeness (QED) is 0.709. The van der Waals surface area contributed by atoms with Crippen molar-refractivity contribution in [3.05, 3.63) is 35.5 Å². The lowest BCUT2D eigenvalue weighted by Crippen LogP contribution is -2.04. The number of allylic oxidation sites excluding steroid dienone is 1. The lowest BCUT2D eigenvalue weighted by atomic mass is 10.2. The number of aromatic carboxylic acids is 1. The van der Waals surface area contributed by atoms with E-state index in [4.69, 9.17) is 10.5 Å². The molecule has 0 fully saturated rings. The van der Waals surface area contributed by atoms with Gasteiger partial charge in [-0.15, -0.1) is 0 Å². The minimum Gasteiger partial charge on any atom is -0.478 e. The van der Waals surface area contributed by atoms with E-state index in [1.165, 1.54) is 16.9 Å². The molecule has 0 spiro atoms. The topological polar surface area (TPSA) is 103 Å². The normalized spacial score (nSPS) is 11.6. The molecule has 98 valence electrons. The van der Waals surface area contributed by atoms with E-state index in [0.717, 1.165) is 0 Å². The van der Waals surface area contributed by atoms with E-state index in [1.807, 2.05) is 0 Å². The van der Waals surface area contributed by atoms with Gasteiger partial charge in [-0.1, -0.05) is 0 Å². The van der Waals surface area contributed by atoms with E-state index in [-0.39, 0.29) is 5.56 Å². The lowest BCUT2D eigenvalue weighted by Gasteiger charge is -2.05. The molecule has 0 atom stereocenters. The molecule has 7 nitrogen and oxygen atoms in total. The highest BCUT2D eigenvalue weighted by atomic mass is 16.4. The van der Waals surface area contributed by atoms with Crippen LogP contribution in [0.4, 0.5) is 0 Å². The number of rotatable bonds is 4. The van der Waals surface area contributed by atoms with Crippen molar-refractivity contribution in [1.82, 2.24) is 19.9 Å². The maximum atomic E-state index is 11.1. The van der Waals surface area contributed by atoms with Crippen molar-refractivity contribution in [3.8, 4) is 0 Å². The fourth-order valence-electron chi connectivity index (χ4n) is 1.84. The highest BCUT2D eigenvalue weighted by Crippen LogP contribution is 2.17. The Labute approximate surface area is 109 Å². The summed E-state index contributed by atoms with van der Waals surface area (Å²) in [5.41, 5.74) is 2.26. The molecule has 7 heteroatoms. The van der Waals surface area contributed by atoms with Gasteiger partial charge in [-0.3, -0.25) is 0 Å². The molecule has 0 aromatic carbocycles. The third-order valence-corrected chi connectivity index (χ3v) is 2.65. The first kappa shape index (κ1) is 12.7. The number of hydrogen-bond donors (Lipinski definition) is 3. The fraction of sp³-hybridized carbons (Fsp3) is 0.167. The van der Waals surface area contributed by atoms with Gasteiger partial charge in [0.1, 0.15) is 11.1 Å². The highest BCUT2D eigenvalue weighted by Gasteiger charge is 2.15. The van der Waals surface area contributed by atoms with E-state index < -0.39 is 5.97 Å². The monoisotopic (exact) mass is 259 g/mol. The number of carboxylic acid groups (broad SMARTS) is 1. The molecule has 2 rings (SSSR count). The van der Waals surface area contributed by atoms with Gasteiger partial charge in [-0.25, -0.2) is 14.3 Å². The van der Waals surface area contributed by atoms with Crippen LogP contribution in [0.1, 0.15) is 21.7 Å². The molecule has 0 saturated heterocycles. The molecule has 2 aromatic rings. The number of carbonyl (C=O) groups is 1. The van der Waals surface area contributed by atoms with Gasteiger partial charge in [-0.05, 0) is 6.92 Å². The fourth-order valence-corrected chi connectivity index (χ4v) is 1.84. The maximum Gasteiger partial charge on any atom is 0.339 e. The van der Waals surface area contributed by atoms with Crippen molar-refractivity contribution in [2.45, 2.75) is 6.92 Å². The molecular weight excluding hydrogens is 246 g/mol. The van der Waals surface area contributed by atoms with Crippen molar-refractivity contribution >= 4 is 23.3 Å². The third-order valence-electron chi connectivity index (χ3n) is 2.65. The standard InChI is InChI=1S/C12H13N5O2/c1-7-11-9(12(18)19)5-15-17(11)6-10(16-7)8(3-13)4-14-2/h3-6,13-14H,1-2H3,(H,18,19)/b8-4+,13-3?. The molecular formula is C12H13N5O2. The molecule has 3 N–H and O–H groups in total. The van der Waals surface area contributed by atoms with Crippen molar-refractivity contribution in [2.75, 3.05) is 7.05 Å². The molecule has 0 aliphatic rings. The molecule has 0 bridgehead atoms. The van der Waals surface area contributed by atoms with Gasteiger partial charge >= 0.3 is 5.97 Å². The minimum absolute atomic E-state index is 0.116. The van der Waals surface area contributed by atoms with Crippen LogP contribution >= 0.6 is 0 Å². The zero-order valence-corrected chi connectivity index (χ0v) is 10.5. The zero-order chi connectivity index (χ0) is 14.0. The largest absolute Gasteiger partial charge is 0.478 e. The molecule has 2 aromatic heterocycles. The second-order valence-corrected chi connectivity index (χ2v) is 3.90. The van der Waals surface area contributed by atoms with Gasteiger partial charge in [0, 0.05) is 25.0 Å². The number of carboxylic acids is 1. The van der Waals surface area contributed by atoms with Crippen LogP contribution in [0.25, 0.3) is 11.1 Å². The van der Waals surface area contributed by atoms with Gasteiger partial charge < -0.3 is 15.8 Å². The van der Waals surface area contributed by atoms with Gasteiger partial charge in [0.2, 0.25) is 0 Å². The zero-order valence-electron chi connectivity index (χ0n) is 10.5. The molecule has 0 amide bonds. The van der Waals surface area contributed by atoms with E-state index in [2.05, 4.69) is 15.4 Å². The van der Waals surface area contributed by atoms with Gasteiger partial charge in [-0.2, -0.15) is 5.10 Å². The average molecular weight is 259 g/mol. The van der Waals surface area contributed by atoms with Gasteiger partial charge in [0.05, 0.1) is 23.8 Å². The summed E-state index contributed by atoms with van der Waals surface area (Å²) in [6.07, 6.45) is 5.71. The third kappa shape index (κ3) is 2.17. The van der Waals surface area contributed by atoms with E-state index >= 15 is 0 Å². The maximum absolute atomic E-state index is 11.1. The van der Waals surface area contributed by atoms with Crippen LogP contribution in [0.5, 0.6) is 0 Å². The Morgan fingerprint density at radius 2 is 2.32 bits per heavy atom. The summed E-state index contributed by atoms with van der Waals surface area (Å²) in [6.45, 7) is 1.72. The van der Waals surface area contributed by atoms with E-state index in [9.17, 15) is 4.79 Å². The first-order valence-corrected chi connectivity index (χ1v) is 5.55. The number of nitrogens with zero attached hydrogens (tertiary/aromatic N) is 3. The predicted octanol–water partition coefficient (Wildman–Crippen LogP) is 0.946. The second-order valence-electron chi connectivity index (χ2n) is 3.90. The Bertz CT molecular complexity index is 687. The first-order chi connectivity index (χ1) is 9.08. The molecule has 0 aliphatic carbocycles. The first-order valence-electron chi connectivity index (χ1n) is 5.55. The van der Waals surface area contributed by atoms with Crippen LogP contribution in [0.2, 0.25) is 0 Å². The summed E-state index contributed by atoms with van der Waals surface area (Å²) < 4.78 is 1.47. The highest BCUT2D eigenvalue weighted by molar-refractivity contribution is 6.07. The molecule has 0 unspecified atom stereocenters. The average Bonchev–Trinajstić information content (AvgIpc) is 2.80. The van der Waals surface area contributed by atoms with Crippen molar-refractivity contribution in [1.29, 1.82) is 5.41 Å². The summed E-state index contributed by atoms with van der Waals surface area (Å²) in [6, 6.07) is 0. The molecule has 0 radical (unpaired) electrons. The van der Waals surface area contributed by atoms with E-state index in [1.54, 1.807) is 26.4 Å². The number of fused-ring (bicyclic) bond motifs is 1. The van der Waals surface area contributed by atoms with Crippen LogP contribution in [0.15, 0.2) is 18.6 Å². The summed E-state index contributed by atoms with van der Waals surface area (Å²) in [5, 5.41) is 23.3. The number of aromatic nitrogens is 3. The van der Waals surface area contributed by atoms with E-state index in [0.29, 0.717) is 22.5 Å². The summed E-state index contributed by atoms with van der Waals surface area (Å²) in [7, 11) is 1.73. The van der Waals surface area contributed by atoms with Crippen molar-refractivity contribution in [2.24, 2.45) is 0 Å². The van der Waals surface area contributed by atoms with Crippen LogP contribution in [-0.2, 0) is 0 Å². The number of nitrogens with one attached hydrogen (secondary N) is 2. The van der Waals surface area contributed by atoms with Crippen LogP contribution in [-0.4, -0.2) is 38.9 Å². The second kappa shape index (κ2) is 4.89. The molecule has 0 saturated carbocycles. The SMILES string of the molecule is CN/C=C(\C=N)c1cn2ncc(C(=O)O)c2c(C)n1. The van der Waals surface area contributed by atoms with Crippen LogP contribution in [0.3, 0.4) is 0 Å². The number of aryl methyl sites for hydroxylation is 1. The summed E-state index contributed by atoms with van der Waals surface area (Å²) in [5.74, 6) is -1.04. The Morgan fingerprint density at radius 3 is 2.89 bits per heavy atom. The Balaban J connectivity index is 2.67. The summed E-state index contributed by atoms with van der Waals surface area (Å²) in [4.78, 5) is 15.4. The van der Waals surface area contributed by atoms with Crippen molar-refractivity contribution in [3.63, 3.8) is 0 Å². The molecule has 0 aliphatic heterocycles. The van der Waals surface area contributed by atoms with Crippen LogP contribution in [0, 0.1) is 12.3 Å².